The molecule has 0 bridgehead atoms. The molecule has 0 aromatic heterocycles. The van der Waals surface area contributed by atoms with Crippen LogP contribution in [-0.4, -0.2) is 43.3 Å². The Labute approximate surface area is 144 Å². The van der Waals surface area contributed by atoms with Crippen LogP contribution < -0.4 is 15.4 Å². The maximum absolute atomic E-state index is 5.32. The monoisotopic (exact) mass is 333 g/mol. The smallest absolute Gasteiger partial charge is 0.166 e. The van der Waals surface area contributed by atoms with Crippen molar-refractivity contribution in [3.63, 3.8) is 0 Å². The van der Waals surface area contributed by atoms with Crippen LogP contribution in [0.3, 0.4) is 0 Å². The summed E-state index contributed by atoms with van der Waals surface area (Å²) in [6.45, 7) is 7.47. The molecule has 0 aliphatic carbocycles. The average Bonchev–Trinajstić information content (AvgIpc) is 2.61. The van der Waals surface area contributed by atoms with Gasteiger partial charge in [-0.3, -0.25) is 4.90 Å². The first-order valence-electron chi connectivity index (χ1n) is 8.25. The third kappa shape index (κ3) is 5.52. The number of nitrogens with zero attached hydrogens (tertiary/aromatic N) is 1. The highest BCUT2D eigenvalue weighted by atomic mass is 32.1. The van der Waals surface area contributed by atoms with Gasteiger partial charge in [-0.25, -0.2) is 0 Å². The van der Waals surface area contributed by atoms with Gasteiger partial charge in [0.25, 0.3) is 0 Å². The first kappa shape index (κ1) is 17.8. The van der Waals surface area contributed by atoms with Crippen molar-refractivity contribution in [3.8, 4) is 5.75 Å². The lowest BCUT2D eigenvalue weighted by Crippen LogP contribution is -2.43. The molecule has 0 unspecified atom stereocenters. The van der Waals surface area contributed by atoms with Crippen LogP contribution in [0.25, 0.3) is 0 Å². The predicted octanol–water partition coefficient (Wildman–Crippen LogP) is 2.87. The topological polar surface area (TPSA) is 36.5 Å². The molecule has 1 fully saturated rings. The molecule has 1 aromatic carbocycles. The third-order valence-electron chi connectivity index (χ3n) is 4.19. The molecule has 0 amide bonds. The Bertz CT molecular complexity index is 497. The van der Waals surface area contributed by atoms with Gasteiger partial charge in [0.05, 0.1) is 13.2 Å². The van der Waals surface area contributed by atoms with Crippen molar-refractivity contribution in [1.29, 1.82) is 0 Å². The molecule has 1 heterocycles. The van der Waals surface area contributed by atoms with E-state index in [1.165, 1.54) is 24.8 Å². The molecule has 1 aliphatic rings. The van der Waals surface area contributed by atoms with E-state index in [0.29, 0.717) is 17.7 Å². The zero-order valence-corrected chi connectivity index (χ0v) is 14.7. The third-order valence-corrected chi connectivity index (χ3v) is 4.48. The van der Waals surface area contributed by atoms with E-state index in [9.17, 15) is 0 Å². The maximum atomic E-state index is 5.32. The molecular weight excluding hydrogens is 306 g/mol. The normalized spacial score (nSPS) is 16.4. The van der Waals surface area contributed by atoms with Crippen LogP contribution in [0, 0.1) is 0 Å². The summed E-state index contributed by atoms with van der Waals surface area (Å²) >= 11 is 5.32. The van der Waals surface area contributed by atoms with Gasteiger partial charge in [0, 0.05) is 13.1 Å². The number of hydrogen-bond acceptors (Lipinski definition) is 3. The Balaban J connectivity index is 2.04. The molecular formula is C18H27N3OS. The number of ether oxygens (including phenoxy) is 1. The number of methoxy groups -OCH3 is 1. The van der Waals surface area contributed by atoms with Crippen molar-refractivity contribution in [3.05, 3.63) is 42.5 Å². The quantitative estimate of drug-likeness (QED) is 0.593. The molecule has 126 valence electrons. The van der Waals surface area contributed by atoms with E-state index in [2.05, 4.69) is 34.2 Å². The van der Waals surface area contributed by atoms with E-state index in [-0.39, 0.29) is 0 Å². The number of thiocarbonyl (C=S) groups is 1. The fourth-order valence-electron chi connectivity index (χ4n) is 2.93. The molecule has 2 N–H and O–H groups in total. The van der Waals surface area contributed by atoms with Crippen molar-refractivity contribution in [2.45, 2.75) is 25.3 Å². The molecule has 4 nitrogen and oxygen atoms in total. The average molecular weight is 334 g/mol. The van der Waals surface area contributed by atoms with Crippen LogP contribution in [-0.2, 0) is 0 Å². The number of piperidine rings is 1. The second kappa shape index (κ2) is 9.53. The lowest BCUT2D eigenvalue weighted by atomic mass is 10.0. The number of likely N-dealkylation sites (tertiary alicyclic amines) is 1. The Morgan fingerprint density at radius 2 is 1.96 bits per heavy atom. The van der Waals surface area contributed by atoms with Gasteiger partial charge in [-0.15, -0.1) is 6.58 Å². The fraction of sp³-hybridized carbons (Fsp3) is 0.500. The molecule has 1 aromatic rings. The molecule has 1 aliphatic heterocycles. The predicted molar refractivity (Wildman–Crippen MR) is 100.0 cm³/mol. The van der Waals surface area contributed by atoms with Gasteiger partial charge in [0.2, 0.25) is 0 Å². The van der Waals surface area contributed by atoms with Crippen LogP contribution in [0.1, 0.15) is 30.9 Å². The minimum Gasteiger partial charge on any atom is -0.497 e. The summed E-state index contributed by atoms with van der Waals surface area (Å²) in [5, 5.41) is 7.15. The lowest BCUT2D eigenvalue weighted by Gasteiger charge is -2.35. The van der Waals surface area contributed by atoms with Crippen molar-refractivity contribution < 1.29 is 4.74 Å². The molecule has 1 saturated heterocycles. The van der Waals surface area contributed by atoms with E-state index in [1.807, 2.05) is 12.1 Å². The Hall–Kier alpha value is -1.59. The first-order valence-corrected chi connectivity index (χ1v) is 8.66. The lowest BCUT2D eigenvalue weighted by molar-refractivity contribution is 0.164. The van der Waals surface area contributed by atoms with Gasteiger partial charge in [-0.05, 0) is 55.8 Å². The summed E-state index contributed by atoms with van der Waals surface area (Å²) in [5.74, 6) is 0.891. The van der Waals surface area contributed by atoms with Crippen LogP contribution in [0.5, 0.6) is 5.75 Å². The van der Waals surface area contributed by atoms with Crippen molar-refractivity contribution in [2.75, 3.05) is 33.3 Å². The molecule has 0 radical (unpaired) electrons. The minimum absolute atomic E-state index is 0.324. The van der Waals surface area contributed by atoms with E-state index in [1.54, 1.807) is 13.2 Å². The van der Waals surface area contributed by atoms with Gasteiger partial charge in [-0.2, -0.15) is 0 Å². The summed E-state index contributed by atoms with van der Waals surface area (Å²) in [6.07, 6.45) is 5.68. The van der Waals surface area contributed by atoms with Crippen molar-refractivity contribution in [1.82, 2.24) is 15.5 Å². The molecule has 5 heteroatoms. The Morgan fingerprint density at radius 1 is 1.26 bits per heavy atom. The van der Waals surface area contributed by atoms with Crippen molar-refractivity contribution >= 4 is 17.3 Å². The molecule has 0 saturated carbocycles. The first-order chi connectivity index (χ1) is 11.2. The van der Waals surface area contributed by atoms with Gasteiger partial charge in [0.15, 0.2) is 5.11 Å². The summed E-state index contributed by atoms with van der Waals surface area (Å²) < 4.78 is 5.27. The Morgan fingerprint density at radius 3 is 2.57 bits per heavy atom. The Kier molecular flexibility index (Phi) is 7.36. The summed E-state index contributed by atoms with van der Waals surface area (Å²) in [4.78, 5) is 2.55. The highest BCUT2D eigenvalue weighted by Gasteiger charge is 2.22. The van der Waals surface area contributed by atoms with Crippen LogP contribution in [0.2, 0.25) is 0 Å². The SMILES string of the molecule is C=CCNC(=S)NC[C@@H](c1ccc(OC)cc1)N1CCCCC1. The van der Waals surface area contributed by atoms with E-state index in [4.69, 9.17) is 17.0 Å². The number of benzene rings is 1. The number of nitrogens with one attached hydrogen (secondary N) is 2. The molecule has 23 heavy (non-hydrogen) atoms. The van der Waals surface area contributed by atoms with Crippen molar-refractivity contribution in [2.24, 2.45) is 0 Å². The summed E-state index contributed by atoms with van der Waals surface area (Å²) in [5.41, 5.74) is 1.30. The second-order valence-corrected chi connectivity index (χ2v) is 6.17. The second-order valence-electron chi connectivity index (χ2n) is 5.77. The van der Waals surface area contributed by atoms with E-state index >= 15 is 0 Å². The molecule has 1 atom stereocenters. The van der Waals surface area contributed by atoms with Crippen LogP contribution >= 0.6 is 12.2 Å². The molecule has 0 spiro atoms. The zero-order chi connectivity index (χ0) is 16.5. The van der Waals surface area contributed by atoms with Gasteiger partial charge in [0.1, 0.15) is 5.75 Å². The zero-order valence-electron chi connectivity index (χ0n) is 13.9. The maximum Gasteiger partial charge on any atom is 0.166 e. The van der Waals surface area contributed by atoms with Crippen LogP contribution in [0.4, 0.5) is 0 Å². The van der Waals surface area contributed by atoms with Crippen LogP contribution in [0.15, 0.2) is 36.9 Å². The standard InChI is InChI=1S/C18H27N3OS/c1-3-11-19-18(23)20-14-17(21-12-5-4-6-13-21)15-7-9-16(22-2)10-8-15/h3,7-10,17H,1,4-6,11-14H2,2H3,(H2,19,20,23)/t17-/m0/s1. The van der Waals surface area contributed by atoms with E-state index in [0.717, 1.165) is 25.4 Å². The highest BCUT2D eigenvalue weighted by molar-refractivity contribution is 7.80. The van der Waals surface area contributed by atoms with Gasteiger partial charge >= 0.3 is 0 Å². The fourth-order valence-corrected chi connectivity index (χ4v) is 3.10. The van der Waals surface area contributed by atoms with Gasteiger partial charge < -0.3 is 15.4 Å². The highest BCUT2D eigenvalue weighted by Crippen LogP contribution is 2.25. The minimum atomic E-state index is 0.324. The summed E-state index contributed by atoms with van der Waals surface area (Å²) in [7, 11) is 1.70. The van der Waals surface area contributed by atoms with Gasteiger partial charge in [-0.1, -0.05) is 24.6 Å². The number of rotatable bonds is 7. The largest absolute Gasteiger partial charge is 0.497 e. The van der Waals surface area contributed by atoms with E-state index < -0.39 is 0 Å². The molecule has 2 rings (SSSR count). The summed E-state index contributed by atoms with van der Waals surface area (Å²) in [6, 6.07) is 8.69. The number of hydrogen-bond donors (Lipinski definition) is 2.